The van der Waals surface area contributed by atoms with E-state index in [0.29, 0.717) is 36.3 Å². The summed E-state index contributed by atoms with van der Waals surface area (Å²) in [4.78, 5) is 11.3. The van der Waals surface area contributed by atoms with Gasteiger partial charge in [0.2, 0.25) is 0 Å². The Hall–Kier alpha value is -3.64. The minimum Gasteiger partial charge on any atom is -0.496 e. The maximum Gasteiger partial charge on any atom is 0.288 e. The third-order valence-electron chi connectivity index (χ3n) is 3.67. The predicted molar refractivity (Wildman–Crippen MR) is 101 cm³/mol. The summed E-state index contributed by atoms with van der Waals surface area (Å²) in [5.74, 6) is 2.61. The van der Waals surface area contributed by atoms with Crippen molar-refractivity contribution in [3.63, 3.8) is 0 Å². The Morgan fingerprint density at radius 2 is 2.07 bits per heavy atom. The summed E-state index contributed by atoms with van der Waals surface area (Å²) in [7, 11) is 1.60. The van der Waals surface area contributed by atoms with Gasteiger partial charge in [-0.2, -0.15) is 5.10 Å². The third kappa shape index (κ3) is 4.31. The average Bonchev–Trinajstić information content (AvgIpc) is 3.16. The predicted octanol–water partition coefficient (Wildman–Crippen LogP) is 2.90. The fourth-order valence-electron chi connectivity index (χ4n) is 2.42. The highest BCUT2D eigenvalue weighted by Crippen LogP contribution is 2.38. The van der Waals surface area contributed by atoms with Crippen LogP contribution in [0.5, 0.6) is 11.5 Å². The monoisotopic (exact) mass is 365 g/mol. The zero-order chi connectivity index (χ0) is 19.1. The van der Waals surface area contributed by atoms with Gasteiger partial charge in [0, 0.05) is 6.07 Å². The lowest BCUT2D eigenvalue weighted by Gasteiger charge is -2.13. The summed E-state index contributed by atoms with van der Waals surface area (Å²) in [5.41, 5.74) is 7.03. The van der Waals surface area contributed by atoms with E-state index in [1.165, 1.54) is 12.4 Å². The first-order valence-corrected chi connectivity index (χ1v) is 8.27. The van der Waals surface area contributed by atoms with E-state index in [-0.39, 0.29) is 5.82 Å². The lowest BCUT2D eigenvalue weighted by Crippen LogP contribution is -2.07. The maximum absolute atomic E-state index is 6.91. The van der Waals surface area contributed by atoms with Crippen molar-refractivity contribution in [2.45, 2.75) is 6.42 Å². The van der Waals surface area contributed by atoms with Crippen molar-refractivity contribution in [1.82, 2.24) is 20.2 Å². The van der Waals surface area contributed by atoms with Gasteiger partial charge in [0.1, 0.15) is 11.5 Å². The molecule has 0 spiro atoms. The Bertz CT molecular complexity index is 932. The number of benzene rings is 1. The summed E-state index contributed by atoms with van der Waals surface area (Å²) >= 11 is 0. The van der Waals surface area contributed by atoms with E-state index in [9.17, 15) is 0 Å². The number of H-pyrrole nitrogens is 1. The summed E-state index contributed by atoms with van der Waals surface area (Å²) in [6, 6.07) is 7.41. The molecule has 2 heterocycles. The molecule has 3 aromatic rings. The second kappa shape index (κ2) is 8.64. The highest BCUT2D eigenvalue weighted by Gasteiger charge is 2.16. The Labute approximate surface area is 156 Å². The fourth-order valence-corrected chi connectivity index (χ4v) is 2.42. The van der Waals surface area contributed by atoms with Crippen molar-refractivity contribution >= 4 is 17.5 Å². The van der Waals surface area contributed by atoms with Crippen LogP contribution in [0, 0.1) is 6.57 Å². The molecule has 0 bridgehead atoms. The van der Waals surface area contributed by atoms with Gasteiger partial charge in [0.25, 0.3) is 5.82 Å². The normalized spacial score (nSPS) is 10.3. The second-order valence-corrected chi connectivity index (χ2v) is 5.49. The van der Waals surface area contributed by atoms with E-state index in [1.54, 1.807) is 7.11 Å². The summed E-state index contributed by atoms with van der Waals surface area (Å²) in [5, 5.41) is 10.3. The number of hydrogen-bond donors (Lipinski definition) is 3. The van der Waals surface area contributed by atoms with Crippen LogP contribution in [0.4, 0.5) is 17.5 Å². The minimum atomic E-state index is 0.233. The number of aromatic amines is 1. The van der Waals surface area contributed by atoms with Crippen LogP contribution in [0.25, 0.3) is 16.1 Å². The number of rotatable bonds is 8. The first-order chi connectivity index (χ1) is 13.2. The summed E-state index contributed by atoms with van der Waals surface area (Å²) in [6.07, 6.45) is 3.63. The molecule has 0 saturated carbocycles. The molecular weight excluding hydrogens is 346 g/mol. The summed E-state index contributed by atoms with van der Waals surface area (Å²) in [6.45, 7) is 7.98. The number of nitrogens with one attached hydrogen (secondary N) is 2. The smallest absolute Gasteiger partial charge is 0.288 e. The molecule has 138 valence electrons. The van der Waals surface area contributed by atoms with Crippen molar-refractivity contribution in [2.75, 3.05) is 25.6 Å². The van der Waals surface area contributed by atoms with Crippen molar-refractivity contribution in [3.05, 3.63) is 48.1 Å². The topological polar surface area (TPSA) is 115 Å². The summed E-state index contributed by atoms with van der Waals surface area (Å²) < 4.78 is 11.3. The van der Waals surface area contributed by atoms with Crippen molar-refractivity contribution < 1.29 is 9.47 Å². The lowest BCUT2D eigenvalue weighted by atomic mass is 10.1. The zero-order valence-electron chi connectivity index (χ0n) is 14.8. The van der Waals surface area contributed by atoms with Gasteiger partial charge in [0.15, 0.2) is 17.8 Å². The molecule has 0 saturated heterocycles. The van der Waals surface area contributed by atoms with Crippen LogP contribution in [0.1, 0.15) is 6.42 Å². The van der Waals surface area contributed by atoms with Crippen molar-refractivity contribution in [3.8, 4) is 22.8 Å². The van der Waals surface area contributed by atoms with Crippen LogP contribution in [-0.4, -0.2) is 40.4 Å². The molecule has 0 unspecified atom stereocenters. The van der Waals surface area contributed by atoms with E-state index in [0.717, 1.165) is 17.7 Å². The number of ether oxygens (including phenoxy) is 2. The molecule has 2 aromatic heterocycles. The lowest BCUT2D eigenvalue weighted by molar-refractivity contribution is 0.312. The van der Waals surface area contributed by atoms with Gasteiger partial charge in [-0.25, -0.2) is 4.98 Å². The third-order valence-corrected chi connectivity index (χ3v) is 3.67. The van der Waals surface area contributed by atoms with E-state index >= 15 is 0 Å². The van der Waals surface area contributed by atoms with Crippen LogP contribution in [-0.2, 0) is 0 Å². The van der Waals surface area contributed by atoms with Crippen LogP contribution in [0.3, 0.4) is 0 Å². The number of aromatic nitrogens is 4. The number of nitrogens with zero attached hydrogens (tertiary/aromatic N) is 4. The van der Waals surface area contributed by atoms with E-state index in [2.05, 4.69) is 30.3 Å². The number of hydrogen-bond acceptors (Lipinski definition) is 7. The minimum absolute atomic E-state index is 0.233. The van der Waals surface area contributed by atoms with Gasteiger partial charge >= 0.3 is 0 Å². The van der Waals surface area contributed by atoms with Crippen molar-refractivity contribution in [1.29, 1.82) is 0 Å². The molecule has 1 aromatic carbocycles. The van der Waals surface area contributed by atoms with Gasteiger partial charge in [-0.1, -0.05) is 12.6 Å². The quantitative estimate of drug-likeness (QED) is 0.415. The SMILES string of the molecule is [C-]#[N+]c1cnc(Nc2cc(-c3c(OC)cccc3OCCCN)[nH]n2)cn1. The van der Waals surface area contributed by atoms with Crippen LogP contribution >= 0.6 is 0 Å². The Balaban J connectivity index is 1.85. The van der Waals surface area contributed by atoms with Crippen molar-refractivity contribution in [2.24, 2.45) is 5.73 Å². The molecule has 27 heavy (non-hydrogen) atoms. The molecule has 0 radical (unpaired) electrons. The molecule has 4 N–H and O–H groups in total. The Morgan fingerprint density at radius 1 is 1.22 bits per heavy atom. The van der Waals surface area contributed by atoms with Gasteiger partial charge in [-0.3, -0.25) is 5.10 Å². The standard InChI is InChI=1S/C18H19N7O2/c1-20-16-10-22-17(11-21-16)23-15-9-12(24-25-15)18-13(26-2)5-3-6-14(18)27-8-4-7-19/h3,5-6,9-11H,4,7-8,19H2,2H3,(H2,22,23,24,25). The van der Waals surface area contributed by atoms with Gasteiger partial charge in [-0.05, 0) is 25.1 Å². The van der Waals surface area contributed by atoms with E-state index in [4.69, 9.17) is 21.8 Å². The zero-order valence-corrected chi connectivity index (χ0v) is 14.8. The fraction of sp³-hybridized carbons (Fsp3) is 0.222. The van der Waals surface area contributed by atoms with E-state index in [1.807, 2.05) is 24.3 Å². The number of anilines is 2. The molecule has 9 nitrogen and oxygen atoms in total. The largest absolute Gasteiger partial charge is 0.496 e. The first kappa shape index (κ1) is 18.2. The highest BCUT2D eigenvalue weighted by molar-refractivity contribution is 5.76. The van der Waals surface area contributed by atoms with Gasteiger partial charge in [0.05, 0.1) is 31.2 Å². The average molecular weight is 365 g/mol. The Kier molecular flexibility index (Phi) is 5.81. The molecule has 0 aliphatic heterocycles. The van der Waals surface area contributed by atoms with Crippen LogP contribution < -0.4 is 20.5 Å². The second-order valence-electron chi connectivity index (χ2n) is 5.49. The molecule has 0 aliphatic rings. The number of nitrogens with two attached hydrogens (primary N) is 1. The van der Waals surface area contributed by atoms with Gasteiger partial charge < -0.3 is 25.4 Å². The number of methoxy groups -OCH3 is 1. The molecule has 9 heteroatoms. The van der Waals surface area contributed by atoms with Crippen LogP contribution in [0.15, 0.2) is 36.7 Å². The Morgan fingerprint density at radius 3 is 2.78 bits per heavy atom. The first-order valence-electron chi connectivity index (χ1n) is 8.27. The molecule has 0 fully saturated rings. The molecular formula is C18H19N7O2. The van der Waals surface area contributed by atoms with Gasteiger partial charge in [-0.15, -0.1) is 4.98 Å². The van der Waals surface area contributed by atoms with Crippen LogP contribution in [0.2, 0.25) is 0 Å². The highest BCUT2D eigenvalue weighted by atomic mass is 16.5. The van der Waals surface area contributed by atoms with E-state index < -0.39 is 0 Å². The maximum atomic E-state index is 6.91. The molecule has 0 amide bonds. The molecule has 3 rings (SSSR count). The molecule has 0 atom stereocenters. The molecule has 0 aliphatic carbocycles.